The molecule has 0 radical (unpaired) electrons. The molecule has 6 heteroatoms. The van der Waals surface area contributed by atoms with Gasteiger partial charge in [-0.3, -0.25) is 0 Å². The predicted octanol–water partition coefficient (Wildman–Crippen LogP) is 7.41. The fourth-order valence-corrected chi connectivity index (χ4v) is 6.01. The van der Waals surface area contributed by atoms with Crippen molar-refractivity contribution in [1.29, 1.82) is 0 Å². The van der Waals surface area contributed by atoms with Crippen LogP contribution in [0.1, 0.15) is 43.0 Å². The normalized spacial score (nSPS) is 11.8. The minimum absolute atomic E-state index is 0.297. The second-order valence-corrected chi connectivity index (χ2v) is 9.39. The van der Waals surface area contributed by atoms with Crippen molar-refractivity contribution in [3.63, 3.8) is 0 Å². The fourth-order valence-electron chi connectivity index (χ4n) is 4.15. The molecule has 0 aliphatic heterocycles. The Hall–Kier alpha value is -2.70. The Morgan fingerprint density at radius 1 is 0.967 bits per heavy atom. The summed E-state index contributed by atoms with van der Waals surface area (Å²) < 4.78 is 4.87. The Labute approximate surface area is 182 Å². The number of imidazole rings is 1. The number of aromatic nitrogens is 2. The number of carboxylic acids is 1. The number of hydrogen-bond donors (Lipinski definition) is 1. The minimum Gasteiger partial charge on any atom is -0.478 e. The second-order valence-electron chi connectivity index (χ2n) is 7.55. The van der Waals surface area contributed by atoms with E-state index in [-0.39, 0.29) is 0 Å². The number of nitrogens with zero attached hydrogens (tertiary/aromatic N) is 2. The average molecular weight is 435 g/mol. The number of benzene rings is 2. The number of unbranched alkanes of at least 4 members (excludes halogenated alkanes) is 3. The van der Waals surface area contributed by atoms with Crippen molar-refractivity contribution in [2.45, 2.75) is 39.2 Å². The molecule has 5 rings (SSSR count). The zero-order valence-electron chi connectivity index (χ0n) is 16.7. The molecule has 1 N–H and O–H groups in total. The Bertz CT molecular complexity index is 1360. The summed E-state index contributed by atoms with van der Waals surface area (Å²) in [6, 6.07) is 11.5. The molecule has 152 valence electrons. The highest BCUT2D eigenvalue weighted by molar-refractivity contribution is 7.20. The largest absolute Gasteiger partial charge is 0.478 e. The van der Waals surface area contributed by atoms with E-state index in [1.807, 2.05) is 12.1 Å². The summed E-state index contributed by atoms with van der Waals surface area (Å²) >= 11 is 3.52. The van der Waals surface area contributed by atoms with Crippen molar-refractivity contribution < 1.29 is 9.90 Å². The van der Waals surface area contributed by atoms with E-state index in [9.17, 15) is 9.90 Å². The number of aryl methyl sites for hydroxylation is 1. The van der Waals surface area contributed by atoms with Crippen LogP contribution in [0.25, 0.3) is 42.6 Å². The van der Waals surface area contributed by atoms with E-state index >= 15 is 0 Å². The number of carboxylic acid groups (broad SMARTS) is 1. The molecule has 2 aromatic carbocycles. The molecule has 0 aliphatic carbocycles. The summed E-state index contributed by atoms with van der Waals surface area (Å²) in [5.41, 5.74) is 3.53. The Kier molecular flexibility index (Phi) is 5.05. The van der Waals surface area contributed by atoms with E-state index in [0.29, 0.717) is 5.56 Å². The minimum atomic E-state index is -0.907. The van der Waals surface area contributed by atoms with Crippen LogP contribution in [-0.2, 0) is 6.54 Å². The van der Waals surface area contributed by atoms with Gasteiger partial charge in [0, 0.05) is 22.9 Å². The van der Waals surface area contributed by atoms with Crippen molar-refractivity contribution in [1.82, 2.24) is 9.55 Å². The third kappa shape index (κ3) is 3.11. The van der Waals surface area contributed by atoms with Gasteiger partial charge in [0.05, 0.1) is 20.5 Å². The standard InChI is InChI=1S/C24H22N2O2S2/c1-2-3-4-5-12-26-20-19(21-17(10-13-29-21)18-11-14-30-22(18)20)25-23(26)15-6-8-16(9-7-15)24(27)28/h6-11,13-14H,2-5,12H2,1H3,(H,27,28). The van der Waals surface area contributed by atoms with Gasteiger partial charge in [0.2, 0.25) is 0 Å². The van der Waals surface area contributed by atoms with Crippen molar-refractivity contribution in [2.24, 2.45) is 0 Å². The lowest BCUT2D eigenvalue weighted by atomic mass is 10.1. The summed E-state index contributed by atoms with van der Waals surface area (Å²) in [4.78, 5) is 16.4. The Balaban J connectivity index is 1.75. The van der Waals surface area contributed by atoms with Crippen LogP contribution in [0.2, 0.25) is 0 Å². The first-order chi connectivity index (χ1) is 14.7. The number of fused-ring (bicyclic) bond motifs is 6. The molecule has 0 bridgehead atoms. The van der Waals surface area contributed by atoms with E-state index in [2.05, 4.69) is 34.4 Å². The van der Waals surface area contributed by atoms with Crippen LogP contribution in [0.5, 0.6) is 0 Å². The van der Waals surface area contributed by atoms with Crippen molar-refractivity contribution >= 4 is 59.8 Å². The van der Waals surface area contributed by atoms with Gasteiger partial charge >= 0.3 is 5.97 Å². The van der Waals surface area contributed by atoms with Gasteiger partial charge in [-0.05, 0) is 41.4 Å². The van der Waals surface area contributed by atoms with E-state index < -0.39 is 5.97 Å². The molecule has 0 atom stereocenters. The van der Waals surface area contributed by atoms with Crippen LogP contribution in [0.15, 0.2) is 47.2 Å². The number of hydrogen-bond acceptors (Lipinski definition) is 4. The molecule has 0 spiro atoms. The number of rotatable bonds is 7. The van der Waals surface area contributed by atoms with Gasteiger partial charge in [0.25, 0.3) is 0 Å². The Morgan fingerprint density at radius 3 is 2.37 bits per heavy atom. The van der Waals surface area contributed by atoms with E-state index in [4.69, 9.17) is 4.98 Å². The molecule has 0 saturated heterocycles. The van der Waals surface area contributed by atoms with Gasteiger partial charge < -0.3 is 9.67 Å². The lowest BCUT2D eigenvalue weighted by Gasteiger charge is -2.10. The van der Waals surface area contributed by atoms with Gasteiger partial charge in [-0.1, -0.05) is 38.3 Å². The molecule has 0 fully saturated rings. The second kappa shape index (κ2) is 7.85. The maximum atomic E-state index is 11.3. The van der Waals surface area contributed by atoms with Crippen LogP contribution in [0, 0.1) is 0 Å². The summed E-state index contributed by atoms with van der Waals surface area (Å²) in [5.74, 6) is 0.0178. The highest BCUT2D eigenvalue weighted by atomic mass is 32.1. The lowest BCUT2D eigenvalue weighted by molar-refractivity contribution is 0.0697. The number of thiophene rings is 2. The maximum Gasteiger partial charge on any atom is 0.335 e. The highest BCUT2D eigenvalue weighted by Crippen LogP contribution is 2.42. The van der Waals surface area contributed by atoms with Gasteiger partial charge in [-0.25, -0.2) is 9.78 Å². The molecule has 3 aromatic heterocycles. The summed E-state index contributed by atoms with van der Waals surface area (Å²) in [5, 5.41) is 16.1. The van der Waals surface area contributed by atoms with Crippen LogP contribution in [-0.4, -0.2) is 20.6 Å². The molecule has 0 unspecified atom stereocenters. The molecule has 30 heavy (non-hydrogen) atoms. The molecule has 5 aromatic rings. The van der Waals surface area contributed by atoms with Crippen LogP contribution >= 0.6 is 22.7 Å². The highest BCUT2D eigenvalue weighted by Gasteiger charge is 2.20. The first kappa shape index (κ1) is 19.3. The van der Waals surface area contributed by atoms with E-state index in [1.54, 1.807) is 34.8 Å². The SMILES string of the molecule is CCCCCCn1c(-c2ccc(C(=O)O)cc2)nc2c3sccc3c3ccsc3c21. The molecule has 0 amide bonds. The first-order valence-corrected chi connectivity index (χ1v) is 12.0. The van der Waals surface area contributed by atoms with Crippen molar-refractivity contribution in [3.8, 4) is 11.4 Å². The average Bonchev–Trinajstić information content (AvgIpc) is 3.48. The molecule has 4 nitrogen and oxygen atoms in total. The predicted molar refractivity (Wildman–Crippen MR) is 127 cm³/mol. The van der Waals surface area contributed by atoms with Crippen molar-refractivity contribution in [3.05, 3.63) is 52.7 Å². The van der Waals surface area contributed by atoms with Gasteiger partial charge in [0.15, 0.2) is 0 Å². The van der Waals surface area contributed by atoms with Gasteiger partial charge in [-0.15, -0.1) is 22.7 Å². The third-order valence-electron chi connectivity index (χ3n) is 5.64. The van der Waals surface area contributed by atoms with Gasteiger partial charge in [-0.2, -0.15) is 0 Å². The van der Waals surface area contributed by atoms with Crippen LogP contribution < -0.4 is 0 Å². The van der Waals surface area contributed by atoms with Crippen molar-refractivity contribution in [2.75, 3.05) is 0 Å². The lowest BCUT2D eigenvalue weighted by Crippen LogP contribution is -2.02. The fraction of sp³-hybridized carbons (Fsp3) is 0.250. The summed E-state index contributed by atoms with van der Waals surface area (Å²) in [6.07, 6.45) is 4.75. The third-order valence-corrected chi connectivity index (χ3v) is 7.49. The van der Waals surface area contributed by atoms with E-state index in [1.165, 1.54) is 45.0 Å². The summed E-state index contributed by atoms with van der Waals surface area (Å²) in [7, 11) is 0. The van der Waals surface area contributed by atoms with E-state index in [0.717, 1.165) is 29.9 Å². The molecule has 3 heterocycles. The molecule has 0 aliphatic rings. The summed E-state index contributed by atoms with van der Waals surface area (Å²) in [6.45, 7) is 3.14. The quantitative estimate of drug-likeness (QED) is 0.271. The molecular weight excluding hydrogens is 412 g/mol. The maximum absolute atomic E-state index is 11.3. The first-order valence-electron chi connectivity index (χ1n) is 10.3. The smallest absolute Gasteiger partial charge is 0.335 e. The number of aromatic carboxylic acids is 1. The van der Waals surface area contributed by atoms with Crippen LogP contribution in [0.4, 0.5) is 0 Å². The van der Waals surface area contributed by atoms with Crippen LogP contribution in [0.3, 0.4) is 0 Å². The topological polar surface area (TPSA) is 55.1 Å². The molecular formula is C24H22N2O2S2. The Morgan fingerprint density at radius 2 is 1.67 bits per heavy atom. The van der Waals surface area contributed by atoms with Gasteiger partial charge in [0.1, 0.15) is 11.3 Å². The zero-order chi connectivity index (χ0) is 20.7. The monoisotopic (exact) mass is 434 g/mol. The number of carbonyl (C=O) groups is 1. The zero-order valence-corrected chi connectivity index (χ0v) is 18.4. The molecule has 0 saturated carbocycles.